The van der Waals surface area contributed by atoms with Crippen LogP contribution < -0.4 is 10.5 Å². The number of hydrogen-bond acceptors (Lipinski definition) is 4. The Hall–Kier alpha value is -1.58. The lowest BCUT2D eigenvalue weighted by Crippen LogP contribution is -2.22. The SMILES string of the molecule is CC(C)S(=O)(=O)CCOc1ccc(C#CCN)c(F)c1. The van der Waals surface area contributed by atoms with Gasteiger partial charge in [0, 0.05) is 6.07 Å². The second-order valence-electron chi connectivity index (χ2n) is 4.41. The summed E-state index contributed by atoms with van der Waals surface area (Å²) in [5.74, 6) is 4.81. The summed E-state index contributed by atoms with van der Waals surface area (Å²) in [6.45, 7) is 3.37. The van der Waals surface area contributed by atoms with Gasteiger partial charge in [0.1, 0.15) is 18.2 Å². The molecule has 0 spiro atoms. The first-order valence-electron chi connectivity index (χ1n) is 6.19. The molecule has 0 radical (unpaired) electrons. The van der Waals surface area contributed by atoms with Crippen LogP contribution in [0.15, 0.2) is 18.2 Å². The number of halogens is 1. The van der Waals surface area contributed by atoms with Crippen molar-refractivity contribution in [1.82, 2.24) is 0 Å². The van der Waals surface area contributed by atoms with E-state index in [2.05, 4.69) is 11.8 Å². The Balaban J connectivity index is 2.65. The Kier molecular flexibility index (Phi) is 5.99. The summed E-state index contributed by atoms with van der Waals surface area (Å²) in [5, 5.41) is -0.447. The third-order valence-corrected chi connectivity index (χ3v) is 4.79. The van der Waals surface area contributed by atoms with E-state index in [4.69, 9.17) is 10.5 Å². The van der Waals surface area contributed by atoms with Gasteiger partial charge >= 0.3 is 0 Å². The van der Waals surface area contributed by atoms with Crippen LogP contribution in [0.25, 0.3) is 0 Å². The molecule has 1 aromatic rings. The van der Waals surface area contributed by atoms with Crippen molar-refractivity contribution in [3.8, 4) is 17.6 Å². The van der Waals surface area contributed by atoms with Crippen molar-refractivity contribution in [2.75, 3.05) is 18.9 Å². The lowest BCUT2D eigenvalue weighted by molar-refractivity contribution is 0.338. The van der Waals surface area contributed by atoms with Gasteiger partial charge in [0.2, 0.25) is 0 Å². The van der Waals surface area contributed by atoms with Crippen LogP contribution in [0.1, 0.15) is 19.4 Å². The van der Waals surface area contributed by atoms with Gasteiger partial charge in [-0.3, -0.25) is 0 Å². The van der Waals surface area contributed by atoms with Crippen molar-refractivity contribution in [3.63, 3.8) is 0 Å². The number of benzene rings is 1. The predicted molar refractivity (Wildman–Crippen MR) is 76.8 cm³/mol. The molecule has 20 heavy (non-hydrogen) atoms. The van der Waals surface area contributed by atoms with Gasteiger partial charge in [-0.05, 0) is 26.0 Å². The first kappa shape index (κ1) is 16.5. The van der Waals surface area contributed by atoms with Gasteiger partial charge in [-0.15, -0.1) is 0 Å². The molecule has 0 atom stereocenters. The first-order valence-corrected chi connectivity index (χ1v) is 7.91. The van der Waals surface area contributed by atoms with Crippen LogP contribution in [0.5, 0.6) is 5.75 Å². The maximum atomic E-state index is 13.6. The van der Waals surface area contributed by atoms with Crippen LogP contribution in [0, 0.1) is 17.7 Å². The fourth-order valence-electron chi connectivity index (χ4n) is 1.34. The minimum atomic E-state index is -3.15. The van der Waals surface area contributed by atoms with Crippen LogP contribution in [-0.2, 0) is 9.84 Å². The van der Waals surface area contributed by atoms with E-state index in [-0.39, 0.29) is 30.2 Å². The minimum Gasteiger partial charge on any atom is -0.492 e. The van der Waals surface area contributed by atoms with Gasteiger partial charge in [-0.2, -0.15) is 0 Å². The maximum absolute atomic E-state index is 13.6. The molecule has 0 aliphatic carbocycles. The maximum Gasteiger partial charge on any atom is 0.155 e. The Morgan fingerprint density at radius 2 is 2.10 bits per heavy atom. The van der Waals surface area contributed by atoms with E-state index in [1.54, 1.807) is 19.9 Å². The van der Waals surface area contributed by atoms with E-state index in [9.17, 15) is 12.8 Å². The molecule has 110 valence electrons. The van der Waals surface area contributed by atoms with Crippen LogP contribution in [0.2, 0.25) is 0 Å². The topological polar surface area (TPSA) is 69.4 Å². The summed E-state index contributed by atoms with van der Waals surface area (Å²) in [6.07, 6.45) is 0. The monoisotopic (exact) mass is 299 g/mol. The highest BCUT2D eigenvalue weighted by Crippen LogP contribution is 2.16. The molecule has 0 fully saturated rings. The predicted octanol–water partition coefficient (Wildman–Crippen LogP) is 1.34. The summed E-state index contributed by atoms with van der Waals surface area (Å²) in [5.41, 5.74) is 5.44. The molecule has 1 rings (SSSR count). The molecule has 2 N–H and O–H groups in total. The Labute approximate surface area is 119 Å². The normalized spacial score (nSPS) is 11.1. The van der Waals surface area contributed by atoms with Gasteiger partial charge < -0.3 is 10.5 Å². The van der Waals surface area contributed by atoms with Crippen molar-refractivity contribution >= 4 is 9.84 Å². The second-order valence-corrected chi connectivity index (χ2v) is 7.09. The first-order chi connectivity index (χ1) is 9.36. The lowest BCUT2D eigenvalue weighted by atomic mass is 10.2. The quantitative estimate of drug-likeness (QED) is 0.833. The van der Waals surface area contributed by atoms with Crippen LogP contribution in [0.3, 0.4) is 0 Å². The second kappa shape index (κ2) is 7.27. The largest absolute Gasteiger partial charge is 0.492 e. The number of sulfone groups is 1. The van der Waals surface area contributed by atoms with Crippen molar-refractivity contribution in [2.45, 2.75) is 19.1 Å². The van der Waals surface area contributed by atoms with Gasteiger partial charge in [0.15, 0.2) is 9.84 Å². The molecule has 0 aliphatic heterocycles. The van der Waals surface area contributed by atoms with E-state index >= 15 is 0 Å². The smallest absolute Gasteiger partial charge is 0.155 e. The lowest BCUT2D eigenvalue weighted by Gasteiger charge is -2.09. The number of rotatable bonds is 5. The average molecular weight is 299 g/mol. The summed E-state index contributed by atoms with van der Waals surface area (Å²) in [7, 11) is -3.15. The number of hydrogen-bond donors (Lipinski definition) is 1. The molecule has 1 aromatic carbocycles. The molecule has 0 unspecified atom stereocenters. The third-order valence-electron chi connectivity index (χ3n) is 2.62. The highest BCUT2D eigenvalue weighted by Gasteiger charge is 2.15. The van der Waals surface area contributed by atoms with Crippen LogP contribution >= 0.6 is 0 Å². The minimum absolute atomic E-state index is 0.00617. The molecule has 0 aliphatic rings. The van der Waals surface area contributed by atoms with Gasteiger partial charge in [0.05, 0.1) is 23.1 Å². The molecular formula is C14H18FNO3S. The highest BCUT2D eigenvalue weighted by atomic mass is 32.2. The Bertz CT molecular complexity index is 615. The zero-order valence-electron chi connectivity index (χ0n) is 11.5. The van der Waals surface area contributed by atoms with E-state index in [1.165, 1.54) is 12.1 Å². The zero-order chi connectivity index (χ0) is 15.2. The van der Waals surface area contributed by atoms with E-state index < -0.39 is 20.9 Å². The van der Waals surface area contributed by atoms with Gasteiger partial charge in [-0.25, -0.2) is 12.8 Å². The molecule has 0 bridgehead atoms. The highest BCUT2D eigenvalue weighted by molar-refractivity contribution is 7.91. The van der Waals surface area contributed by atoms with E-state index in [0.717, 1.165) is 0 Å². The molecule has 0 heterocycles. The fourth-order valence-corrected chi connectivity index (χ4v) is 2.13. The summed E-state index contributed by atoms with van der Waals surface area (Å²) < 4.78 is 42.0. The van der Waals surface area contributed by atoms with Crippen molar-refractivity contribution in [3.05, 3.63) is 29.6 Å². The van der Waals surface area contributed by atoms with Gasteiger partial charge in [-0.1, -0.05) is 11.8 Å². The van der Waals surface area contributed by atoms with Crippen LogP contribution in [-0.4, -0.2) is 32.6 Å². The average Bonchev–Trinajstić information content (AvgIpc) is 2.37. The van der Waals surface area contributed by atoms with Crippen molar-refractivity contribution < 1.29 is 17.5 Å². The molecular weight excluding hydrogens is 281 g/mol. The van der Waals surface area contributed by atoms with Crippen LogP contribution in [0.4, 0.5) is 4.39 Å². The van der Waals surface area contributed by atoms with Crippen molar-refractivity contribution in [2.24, 2.45) is 5.73 Å². The number of nitrogens with two attached hydrogens (primary N) is 1. The standard InChI is InChI=1S/C14H18FNO3S/c1-11(2)20(17,18)9-8-19-13-6-5-12(4-3-7-16)14(15)10-13/h5-6,10-11H,7-9,16H2,1-2H3. The Morgan fingerprint density at radius 1 is 1.40 bits per heavy atom. The van der Waals surface area contributed by atoms with Crippen molar-refractivity contribution in [1.29, 1.82) is 0 Å². The molecule has 0 saturated heterocycles. The number of ether oxygens (including phenoxy) is 1. The fraction of sp³-hybridized carbons (Fsp3) is 0.429. The Morgan fingerprint density at radius 3 is 2.65 bits per heavy atom. The summed E-state index contributed by atoms with van der Waals surface area (Å²) in [4.78, 5) is 0. The summed E-state index contributed by atoms with van der Waals surface area (Å²) >= 11 is 0. The molecule has 0 aromatic heterocycles. The molecule has 6 heteroatoms. The molecule has 0 amide bonds. The van der Waals surface area contributed by atoms with E-state index in [1.807, 2.05) is 0 Å². The summed E-state index contributed by atoms with van der Waals surface area (Å²) in [6, 6.07) is 4.21. The molecule has 0 saturated carbocycles. The zero-order valence-corrected chi connectivity index (χ0v) is 12.3. The molecule has 4 nitrogen and oxygen atoms in total. The third kappa shape index (κ3) is 4.83. The van der Waals surface area contributed by atoms with E-state index in [0.29, 0.717) is 0 Å². The van der Waals surface area contributed by atoms with Gasteiger partial charge in [0.25, 0.3) is 0 Å².